The summed E-state index contributed by atoms with van der Waals surface area (Å²) < 4.78 is 64.2. The summed E-state index contributed by atoms with van der Waals surface area (Å²) in [5, 5.41) is 0. The lowest BCUT2D eigenvalue weighted by Crippen LogP contribution is -2.54. The highest BCUT2D eigenvalue weighted by Gasteiger charge is 2.51. The van der Waals surface area contributed by atoms with Crippen LogP contribution in [0.3, 0.4) is 0 Å². The van der Waals surface area contributed by atoms with Crippen molar-refractivity contribution >= 4 is 31.7 Å². The maximum absolute atomic E-state index is 14.1. The van der Waals surface area contributed by atoms with Crippen molar-refractivity contribution in [2.75, 3.05) is 20.2 Å². The van der Waals surface area contributed by atoms with Crippen LogP contribution in [0.1, 0.15) is 112 Å². The second kappa shape index (κ2) is 12.7. The van der Waals surface area contributed by atoms with Gasteiger partial charge in [-0.05, 0) is 102 Å². The molecule has 1 aromatic carbocycles. The number of nitrogens with zero attached hydrogens (tertiary/aromatic N) is 1. The molecule has 0 spiro atoms. The van der Waals surface area contributed by atoms with Gasteiger partial charge in [-0.3, -0.25) is 4.79 Å². The van der Waals surface area contributed by atoms with Crippen LogP contribution in [0.5, 0.6) is 0 Å². The molecule has 11 heteroatoms. The number of carbonyl (C=O) groups is 1. The van der Waals surface area contributed by atoms with Crippen LogP contribution in [0, 0.1) is 11.3 Å². The molecule has 2 atom stereocenters. The molecule has 0 aromatic heterocycles. The largest absolute Gasteiger partial charge is 0.469 e. The maximum Gasteiger partial charge on any atom is 0.312 e. The van der Waals surface area contributed by atoms with Crippen molar-refractivity contribution in [2.45, 2.75) is 128 Å². The third kappa shape index (κ3) is 7.88. The highest BCUT2D eigenvalue weighted by Crippen LogP contribution is 2.44. The predicted octanol–water partition coefficient (Wildman–Crippen LogP) is 5.56. The summed E-state index contributed by atoms with van der Waals surface area (Å²) >= 11 is 0. The minimum atomic E-state index is -3.97. The predicted molar refractivity (Wildman–Crippen MR) is 177 cm³/mol. The van der Waals surface area contributed by atoms with Crippen molar-refractivity contribution in [3.63, 3.8) is 0 Å². The summed E-state index contributed by atoms with van der Waals surface area (Å²) in [5.41, 5.74) is 0.0133. The van der Waals surface area contributed by atoms with Crippen molar-refractivity contribution in [1.82, 2.24) is 14.3 Å². The van der Waals surface area contributed by atoms with Crippen LogP contribution in [0.2, 0.25) is 0 Å². The van der Waals surface area contributed by atoms with Gasteiger partial charge in [0.15, 0.2) is 0 Å². The molecule has 1 fully saturated rings. The number of hydrogen-bond acceptors (Lipinski definition) is 7. The van der Waals surface area contributed by atoms with Gasteiger partial charge >= 0.3 is 5.97 Å². The van der Waals surface area contributed by atoms with E-state index in [4.69, 9.17) is 4.74 Å². The SMILES string of the molecule is COC(=O)C(C)(C)CNS(=O)(=O)C1(C)C=C(c2ccc(S(=O)(=O)NC(C)(C)C)c(C(C)(C)C)c2)N(CC2CCCCC2)C1C. The number of carbonyl (C=O) groups excluding carboxylic acids is 1. The highest BCUT2D eigenvalue weighted by atomic mass is 32.2. The average molecular weight is 654 g/mol. The molecule has 0 bridgehead atoms. The fourth-order valence-electron chi connectivity index (χ4n) is 6.20. The first kappa shape index (κ1) is 36.5. The van der Waals surface area contributed by atoms with E-state index in [-0.39, 0.29) is 11.4 Å². The summed E-state index contributed by atoms with van der Waals surface area (Å²) in [4.78, 5) is 14.7. The lowest BCUT2D eigenvalue weighted by molar-refractivity contribution is -0.150. The van der Waals surface area contributed by atoms with E-state index < -0.39 is 53.2 Å². The van der Waals surface area contributed by atoms with Gasteiger partial charge in [-0.2, -0.15) is 0 Å². The fraction of sp³-hybridized carbons (Fsp3) is 0.727. The Hall–Kier alpha value is -1.95. The van der Waals surface area contributed by atoms with Crippen LogP contribution in [0.15, 0.2) is 29.2 Å². The Labute approximate surface area is 266 Å². The van der Waals surface area contributed by atoms with Crippen molar-refractivity contribution in [2.24, 2.45) is 11.3 Å². The maximum atomic E-state index is 14.1. The molecule has 0 amide bonds. The van der Waals surface area contributed by atoms with Crippen LogP contribution in [0.25, 0.3) is 5.70 Å². The lowest BCUT2D eigenvalue weighted by Gasteiger charge is -2.38. The smallest absolute Gasteiger partial charge is 0.312 e. The second-order valence-electron chi connectivity index (χ2n) is 15.6. The van der Waals surface area contributed by atoms with Gasteiger partial charge < -0.3 is 9.64 Å². The number of ether oxygens (including phenoxy) is 1. The van der Waals surface area contributed by atoms with E-state index in [1.54, 1.807) is 32.9 Å². The quantitative estimate of drug-likeness (QED) is 0.317. The van der Waals surface area contributed by atoms with Crippen LogP contribution < -0.4 is 9.44 Å². The second-order valence-corrected chi connectivity index (χ2v) is 19.4. The first-order valence-corrected chi connectivity index (χ1v) is 18.7. The van der Waals surface area contributed by atoms with Gasteiger partial charge in [-0.1, -0.05) is 46.1 Å². The number of sulfonamides is 2. The zero-order chi connectivity index (χ0) is 33.5. The lowest BCUT2D eigenvalue weighted by atomic mass is 9.85. The molecule has 0 radical (unpaired) electrons. The third-order valence-corrected chi connectivity index (χ3v) is 13.0. The van der Waals surface area contributed by atoms with Crippen LogP contribution in [-0.4, -0.2) is 64.2 Å². The molecule has 44 heavy (non-hydrogen) atoms. The van der Waals surface area contributed by atoms with Gasteiger partial charge in [-0.15, -0.1) is 0 Å². The number of esters is 1. The molecule has 3 rings (SSSR count). The Morgan fingerprint density at radius 2 is 1.59 bits per heavy atom. The van der Waals surface area contributed by atoms with Crippen molar-refractivity contribution in [3.05, 3.63) is 35.4 Å². The standard InChI is InChI=1S/C33H55N3O6S2/c1-23-33(10,44(40,41)34-22-32(8,9)29(37)42-11)20-27(36(23)21-24-15-13-12-14-16-24)25-17-18-28(26(19-25)30(2,3)4)43(38,39)35-31(5,6)7/h17-20,23-24,34-35H,12-16,21-22H2,1-11H3. The Kier molecular flexibility index (Phi) is 10.5. The average Bonchev–Trinajstić information content (AvgIpc) is 3.16. The van der Waals surface area contributed by atoms with Gasteiger partial charge in [-0.25, -0.2) is 26.3 Å². The molecule has 1 aromatic rings. The molecule has 250 valence electrons. The molecule has 2 unspecified atom stereocenters. The number of benzene rings is 1. The minimum Gasteiger partial charge on any atom is -0.469 e. The highest BCUT2D eigenvalue weighted by molar-refractivity contribution is 7.91. The third-order valence-electron chi connectivity index (χ3n) is 9.04. The zero-order valence-corrected chi connectivity index (χ0v) is 30.3. The van der Waals surface area contributed by atoms with E-state index in [0.29, 0.717) is 18.0 Å². The van der Waals surface area contributed by atoms with Crippen LogP contribution in [0.4, 0.5) is 0 Å². The summed E-state index contributed by atoms with van der Waals surface area (Å²) in [6.45, 7) is 18.9. The first-order valence-electron chi connectivity index (χ1n) is 15.7. The molecule has 2 aliphatic rings. The van der Waals surface area contributed by atoms with Crippen LogP contribution in [-0.2, 0) is 35.0 Å². The minimum absolute atomic E-state index is 0.0996. The van der Waals surface area contributed by atoms with E-state index >= 15 is 0 Å². The molecule has 9 nitrogen and oxygen atoms in total. The Bertz CT molecular complexity index is 1460. The van der Waals surface area contributed by atoms with Gasteiger partial charge in [0.2, 0.25) is 20.0 Å². The van der Waals surface area contributed by atoms with Gasteiger partial charge in [0.1, 0.15) is 4.75 Å². The van der Waals surface area contributed by atoms with Crippen LogP contribution >= 0.6 is 0 Å². The summed E-state index contributed by atoms with van der Waals surface area (Å²) in [7, 11) is -6.50. The van der Waals surface area contributed by atoms with Crippen molar-refractivity contribution < 1.29 is 26.4 Å². The molecule has 1 aliphatic heterocycles. The molecular formula is C33H55N3O6S2. The molecule has 1 saturated carbocycles. The van der Waals surface area contributed by atoms with E-state index in [2.05, 4.69) is 14.3 Å². The topological polar surface area (TPSA) is 122 Å². The van der Waals surface area contributed by atoms with E-state index in [0.717, 1.165) is 36.9 Å². The van der Waals surface area contributed by atoms with Gasteiger partial charge in [0.05, 0.1) is 23.5 Å². The Balaban J connectivity index is 2.15. The molecule has 2 N–H and O–H groups in total. The molecule has 1 aliphatic carbocycles. The van der Waals surface area contributed by atoms with E-state index in [9.17, 15) is 21.6 Å². The summed E-state index contributed by atoms with van der Waals surface area (Å²) in [5.74, 6) is -0.0609. The van der Waals surface area contributed by atoms with E-state index in [1.807, 2.05) is 60.6 Å². The van der Waals surface area contributed by atoms with E-state index in [1.165, 1.54) is 13.5 Å². The first-order chi connectivity index (χ1) is 20.0. The van der Waals surface area contributed by atoms with Gasteiger partial charge in [0.25, 0.3) is 0 Å². The Morgan fingerprint density at radius 1 is 1.00 bits per heavy atom. The van der Waals surface area contributed by atoms with Crippen molar-refractivity contribution in [1.29, 1.82) is 0 Å². The van der Waals surface area contributed by atoms with Gasteiger partial charge in [0, 0.05) is 24.3 Å². The molecule has 1 heterocycles. The zero-order valence-electron chi connectivity index (χ0n) is 28.6. The number of hydrogen-bond donors (Lipinski definition) is 2. The molecular weight excluding hydrogens is 599 g/mol. The number of rotatable bonds is 10. The summed E-state index contributed by atoms with van der Waals surface area (Å²) in [6.07, 6.45) is 7.54. The summed E-state index contributed by atoms with van der Waals surface area (Å²) in [6, 6.07) is 4.94. The van der Waals surface area contributed by atoms with Crippen molar-refractivity contribution in [3.8, 4) is 0 Å². The fourth-order valence-corrected chi connectivity index (χ4v) is 9.72. The number of methoxy groups -OCH3 is 1. The Morgan fingerprint density at radius 3 is 2.11 bits per heavy atom. The normalized spacial score (nSPS) is 22.7. The number of nitrogens with one attached hydrogen (secondary N) is 2. The monoisotopic (exact) mass is 653 g/mol. The molecule has 0 saturated heterocycles.